The van der Waals surface area contributed by atoms with Crippen molar-refractivity contribution in [2.75, 3.05) is 13.2 Å². The van der Waals surface area contributed by atoms with Crippen LogP contribution >= 0.6 is 0 Å². The fraction of sp³-hybridized carbons (Fsp3) is 0.240. The molecule has 5 rings (SSSR count). The maximum absolute atomic E-state index is 13.4. The zero-order chi connectivity index (χ0) is 22.8. The first-order chi connectivity index (χ1) is 16.1. The van der Waals surface area contributed by atoms with Crippen LogP contribution in [0.25, 0.3) is 5.69 Å². The Morgan fingerprint density at radius 3 is 2.61 bits per heavy atom. The average Bonchev–Trinajstić information content (AvgIpc) is 3.46. The number of aromatic nitrogens is 4. The lowest BCUT2D eigenvalue weighted by Crippen LogP contribution is -2.32. The molecule has 0 aliphatic carbocycles. The van der Waals surface area contributed by atoms with Crippen molar-refractivity contribution >= 4 is 5.91 Å². The minimum absolute atomic E-state index is 0.138. The monoisotopic (exact) mass is 443 g/mol. The first-order valence-corrected chi connectivity index (χ1v) is 10.9. The second-order valence-corrected chi connectivity index (χ2v) is 8.00. The van der Waals surface area contributed by atoms with Gasteiger partial charge in [0.15, 0.2) is 11.5 Å². The van der Waals surface area contributed by atoms with Crippen molar-refractivity contribution in [3.8, 4) is 17.2 Å². The van der Waals surface area contributed by atoms with Gasteiger partial charge < -0.3 is 19.4 Å². The summed E-state index contributed by atoms with van der Waals surface area (Å²) >= 11 is 0. The molecule has 33 heavy (non-hydrogen) atoms. The molecule has 168 valence electrons. The van der Waals surface area contributed by atoms with E-state index in [1.807, 2.05) is 68.4 Å². The van der Waals surface area contributed by atoms with Crippen LogP contribution in [-0.4, -0.2) is 38.5 Å². The highest BCUT2D eigenvalue weighted by Crippen LogP contribution is 2.33. The zero-order valence-corrected chi connectivity index (χ0v) is 18.6. The summed E-state index contributed by atoms with van der Waals surface area (Å²) in [6.07, 6.45) is 3.14. The Balaban J connectivity index is 1.43. The molecule has 2 aromatic carbocycles. The van der Waals surface area contributed by atoms with E-state index < -0.39 is 0 Å². The third-order valence-corrected chi connectivity index (χ3v) is 5.80. The topological polar surface area (TPSA) is 83.2 Å². The van der Waals surface area contributed by atoms with Crippen molar-refractivity contribution in [2.24, 2.45) is 0 Å². The SMILES string of the molecule is Cc1cc(C(=O)NC(Cn2cncn2)c2ccccc2)c(C)n1-c1ccc2c(c1)OCCO2. The number of nitrogens with zero attached hydrogens (tertiary/aromatic N) is 4. The molecular formula is C25H25N5O3. The molecule has 1 N–H and O–H groups in total. The molecular weight excluding hydrogens is 418 g/mol. The Labute approximate surface area is 191 Å². The molecule has 8 nitrogen and oxygen atoms in total. The van der Waals surface area contributed by atoms with Crippen LogP contribution in [0.3, 0.4) is 0 Å². The fourth-order valence-electron chi connectivity index (χ4n) is 4.23. The summed E-state index contributed by atoms with van der Waals surface area (Å²) in [6.45, 7) is 5.50. The molecule has 0 saturated carbocycles. The van der Waals surface area contributed by atoms with Gasteiger partial charge in [0.05, 0.1) is 18.2 Å². The number of carbonyl (C=O) groups is 1. The van der Waals surface area contributed by atoms with Crippen LogP contribution in [0.1, 0.15) is 33.4 Å². The molecule has 0 spiro atoms. The molecule has 1 atom stereocenters. The van der Waals surface area contributed by atoms with E-state index in [1.165, 1.54) is 6.33 Å². The number of aryl methyl sites for hydroxylation is 1. The summed E-state index contributed by atoms with van der Waals surface area (Å²) in [4.78, 5) is 17.4. The summed E-state index contributed by atoms with van der Waals surface area (Å²) < 4.78 is 15.2. The quantitative estimate of drug-likeness (QED) is 0.492. The van der Waals surface area contributed by atoms with Gasteiger partial charge in [-0.3, -0.25) is 9.48 Å². The Hall–Kier alpha value is -4.07. The lowest BCUT2D eigenvalue weighted by atomic mass is 10.1. The number of carbonyl (C=O) groups excluding carboxylic acids is 1. The first kappa shape index (κ1) is 20.8. The van der Waals surface area contributed by atoms with E-state index in [0.717, 1.165) is 28.4 Å². The number of ether oxygens (including phenoxy) is 2. The van der Waals surface area contributed by atoms with E-state index in [-0.39, 0.29) is 11.9 Å². The Morgan fingerprint density at radius 2 is 1.85 bits per heavy atom. The highest BCUT2D eigenvalue weighted by Gasteiger charge is 2.22. The van der Waals surface area contributed by atoms with Crippen LogP contribution in [0.2, 0.25) is 0 Å². The fourth-order valence-corrected chi connectivity index (χ4v) is 4.23. The average molecular weight is 444 g/mol. The molecule has 8 heteroatoms. The van der Waals surface area contributed by atoms with E-state index in [2.05, 4.69) is 20.0 Å². The number of hydrogen-bond acceptors (Lipinski definition) is 5. The summed E-state index contributed by atoms with van der Waals surface area (Å²) in [5.41, 5.74) is 4.37. The van der Waals surface area contributed by atoms with Crippen molar-refractivity contribution < 1.29 is 14.3 Å². The van der Waals surface area contributed by atoms with E-state index in [9.17, 15) is 4.79 Å². The van der Waals surface area contributed by atoms with Crippen molar-refractivity contribution in [2.45, 2.75) is 26.4 Å². The highest BCUT2D eigenvalue weighted by molar-refractivity contribution is 5.96. The molecule has 1 aliphatic rings. The largest absolute Gasteiger partial charge is 0.486 e. The number of nitrogens with one attached hydrogen (secondary N) is 1. The molecule has 0 radical (unpaired) electrons. The maximum atomic E-state index is 13.4. The maximum Gasteiger partial charge on any atom is 0.253 e. The Morgan fingerprint density at radius 1 is 1.06 bits per heavy atom. The van der Waals surface area contributed by atoms with Gasteiger partial charge in [-0.1, -0.05) is 30.3 Å². The molecule has 0 bridgehead atoms. The van der Waals surface area contributed by atoms with Gasteiger partial charge in [0.2, 0.25) is 0 Å². The highest BCUT2D eigenvalue weighted by atomic mass is 16.6. The van der Waals surface area contributed by atoms with Gasteiger partial charge in [-0.15, -0.1) is 0 Å². The predicted molar refractivity (Wildman–Crippen MR) is 123 cm³/mol. The minimum Gasteiger partial charge on any atom is -0.486 e. The number of rotatable bonds is 6. The number of amides is 1. The van der Waals surface area contributed by atoms with Crippen molar-refractivity contribution in [3.63, 3.8) is 0 Å². The van der Waals surface area contributed by atoms with Crippen molar-refractivity contribution in [1.82, 2.24) is 24.6 Å². The molecule has 1 unspecified atom stereocenters. The van der Waals surface area contributed by atoms with Crippen LogP contribution in [0.4, 0.5) is 0 Å². The van der Waals surface area contributed by atoms with Gasteiger partial charge >= 0.3 is 0 Å². The molecule has 0 fully saturated rings. The van der Waals surface area contributed by atoms with Gasteiger partial charge in [0.1, 0.15) is 25.9 Å². The molecule has 0 saturated heterocycles. The lowest BCUT2D eigenvalue weighted by molar-refractivity contribution is 0.0931. The van der Waals surface area contributed by atoms with Gasteiger partial charge in [0.25, 0.3) is 5.91 Å². The van der Waals surface area contributed by atoms with Crippen LogP contribution in [0.5, 0.6) is 11.5 Å². The van der Waals surface area contributed by atoms with Gasteiger partial charge in [-0.25, -0.2) is 4.98 Å². The first-order valence-electron chi connectivity index (χ1n) is 10.9. The Bertz CT molecular complexity index is 1260. The van der Waals surface area contributed by atoms with E-state index in [0.29, 0.717) is 31.1 Å². The van der Waals surface area contributed by atoms with Crippen LogP contribution in [-0.2, 0) is 6.54 Å². The van der Waals surface area contributed by atoms with Crippen LogP contribution in [0.15, 0.2) is 67.3 Å². The zero-order valence-electron chi connectivity index (χ0n) is 18.6. The van der Waals surface area contributed by atoms with Gasteiger partial charge in [-0.2, -0.15) is 5.10 Å². The predicted octanol–water partition coefficient (Wildman–Crippen LogP) is 3.63. The summed E-state index contributed by atoms with van der Waals surface area (Å²) in [5.74, 6) is 1.32. The summed E-state index contributed by atoms with van der Waals surface area (Å²) in [7, 11) is 0. The molecule has 2 aromatic heterocycles. The number of fused-ring (bicyclic) bond motifs is 1. The van der Waals surface area contributed by atoms with E-state index in [1.54, 1.807) is 11.0 Å². The van der Waals surface area contributed by atoms with E-state index >= 15 is 0 Å². The van der Waals surface area contributed by atoms with Crippen molar-refractivity contribution in [1.29, 1.82) is 0 Å². The lowest BCUT2D eigenvalue weighted by Gasteiger charge is -2.20. The number of benzene rings is 2. The van der Waals surface area contributed by atoms with Crippen LogP contribution < -0.4 is 14.8 Å². The van der Waals surface area contributed by atoms with E-state index in [4.69, 9.17) is 9.47 Å². The molecule has 1 amide bonds. The van der Waals surface area contributed by atoms with Gasteiger partial charge in [-0.05, 0) is 37.6 Å². The normalized spacial score (nSPS) is 13.5. The Kier molecular flexibility index (Phi) is 5.56. The second kappa shape index (κ2) is 8.82. The van der Waals surface area contributed by atoms with Gasteiger partial charge in [0, 0.05) is 23.1 Å². The summed E-state index contributed by atoms with van der Waals surface area (Å²) in [5, 5.41) is 7.39. The third-order valence-electron chi connectivity index (χ3n) is 5.80. The second-order valence-electron chi connectivity index (χ2n) is 8.00. The number of hydrogen-bond donors (Lipinski definition) is 1. The third kappa shape index (κ3) is 4.19. The van der Waals surface area contributed by atoms with Crippen molar-refractivity contribution in [3.05, 3.63) is 89.8 Å². The molecule has 1 aliphatic heterocycles. The molecule has 4 aromatic rings. The molecule has 3 heterocycles. The standard InChI is InChI=1S/C25H25N5O3/c1-17-12-21(18(2)30(17)20-8-9-23-24(13-20)33-11-10-32-23)25(31)28-22(14-29-16-26-15-27-29)19-6-4-3-5-7-19/h3-9,12-13,15-16,22H,10-11,14H2,1-2H3,(H,28,31). The smallest absolute Gasteiger partial charge is 0.253 e. The van der Waals surface area contributed by atoms with Crippen LogP contribution in [0, 0.1) is 13.8 Å². The summed E-state index contributed by atoms with van der Waals surface area (Å²) in [6, 6.07) is 17.4. The minimum atomic E-state index is -0.252.